The lowest BCUT2D eigenvalue weighted by molar-refractivity contribution is 0.722. The first-order valence-corrected chi connectivity index (χ1v) is 10.5. The summed E-state index contributed by atoms with van der Waals surface area (Å²) in [5, 5.41) is 2.15. The van der Waals surface area contributed by atoms with Gasteiger partial charge in [0, 0.05) is 9.75 Å². The number of hydrogen-bond donors (Lipinski definition) is 0. The van der Waals surface area contributed by atoms with Crippen molar-refractivity contribution in [2.24, 2.45) is 0 Å². The molecule has 0 aliphatic carbocycles. The lowest BCUT2D eigenvalue weighted by atomic mass is 10.2. The zero-order valence-corrected chi connectivity index (χ0v) is 16.5. The predicted molar refractivity (Wildman–Crippen MR) is 103 cm³/mol. The van der Waals surface area contributed by atoms with Crippen LogP contribution in [0.3, 0.4) is 0 Å². The zero-order valence-electron chi connectivity index (χ0n) is 13.2. The van der Waals surface area contributed by atoms with E-state index in [0.29, 0.717) is 0 Å². The second-order valence-electron chi connectivity index (χ2n) is 5.20. The Kier molecular flexibility index (Phi) is 11.2. The highest BCUT2D eigenvalue weighted by molar-refractivity contribution is 9.11. The van der Waals surface area contributed by atoms with E-state index in [2.05, 4.69) is 59.4 Å². The first-order valence-electron chi connectivity index (χ1n) is 8.02. The number of rotatable bonds is 8. The first-order chi connectivity index (χ1) is 10.3. The van der Waals surface area contributed by atoms with Crippen molar-refractivity contribution < 1.29 is 0 Å². The molecule has 0 N–H and O–H groups in total. The van der Waals surface area contributed by atoms with Gasteiger partial charge in [0.1, 0.15) is 0 Å². The van der Waals surface area contributed by atoms with Gasteiger partial charge in [0.05, 0.1) is 3.79 Å². The van der Waals surface area contributed by atoms with E-state index in [9.17, 15) is 0 Å². The van der Waals surface area contributed by atoms with Crippen molar-refractivity contribution in [1.29, 1.82) is 0 Å². The summed E-state index contributed by atoms with van der Waals surface area (Å²) in [5.74, 6) is 0. The molecule has 0 spiro atoms. The van der Waals surface area contributed by atoms with Crippen molar-refractivity contribution in [2.75, 3.05) is 0 Å². The van der Waals surface area contributed by atoms with Crippen molar-refractivity contribution >= 4 is 38.6 Å². The van der Waals surface area contributed by atoms with Gasteiger partial charge >= 0.3 is 0 Å². The van der Waals surface area contributed by atoms with Gasteiger partial charge in [-0.05, 0) is 65.2 Å². The lowest BCUT2D eigenvalue weighted by Crippen LogP contribution is -1.78. The van der Waals surface area contributed by atoms with E-state index in [4.69, 9.17) is 0 Å². The van der Waals surface area contributed by atoms with Crippen LogP contribution in [0, 0.1) is 0 Å². The monoisotopic (exact) mass is 386 g/mol. The van der Waals surface area contributed by atoms with Crippen molar-refractivity contribution in [2.45, 2.75) is 65.2 Å². The maximum absolute atomic E-state index is 3.46. The largest absolute Gasteiger partial charge is 0.149 e. The third-order valence-corrected chi connectivity index (χ3v) is 5.88. The average molecular weight is 387 g/mol. The Hall–Kier alpha value is -0.120. The molecule has 2 aromatic rings. The lowest BCUT2D eigenvalue weighted by Gasteiger charge is -1.93. The molecule has 0 radical (unpaired) electrons. The van der Waals surface area contributed by atoms with Crippen LogP contribution in [0.25, 0.3) is 0 Å². The maximum Gasteiger partial charge on any atom is 0.0701 e. The van der Waals surface area contributed by atoms with Gasteiger partial charge in [-0.3, -0.25) is 0 Å². The van der Waals surface area contributed by atoms with Crippen molar-refractivity contribution in [3.8, 4) is 0 Å². The first kappa shape index (κ1) is 18.9. The molecule has 0 aromatic carbocycles. The van der Waals surface area contributed by atoms with Crippen LogP contribution in [0.2, 0.25) is 0 Å². The summed E-state index contributed by atoms with van der Waals surface area (Å²) in [6.07, 6.45) is 10.6. The summed E-state index contributed by atoms with van der Waals surface area (Å²) in [6.45, 7) is 4.48. The van der Waals surface area contributed by atoms with Crippen LogP contribution in [0.5, 0.6) is 0 Å². The number of aryl methyl sites for hydroxylation is 2. The van der Waals surface area contributed by atoms with E-state index >= 15 is 0 Å². The molecular formula is C18H27BrS2. The molecule has 118 valence electrons. The SMILES string of the molecule is CCCCCc1ccc(Br)s1.CCCCCc1cccs1. The smallest absolute Gasteiger partial charge is 0.0701 e. The van der Waals surface area contributed by atoms with Crippen LogP contribution in [0.1, 0.15) is 62.1 Å². The Morgan fingerprint density at radius 1 is 0.857 bits per heavy atom. The molecule has 0 fully saturated rings. The summed E-state index contributed by atoms with van der Waals surface area (Å²) in [4.78, 5) is 3.04. The Balaban J connectivity index is 0.000000211. The van der Waals surface area contributed by atoms with Crippen molar-refractivity contribution in [3.05, 3.63) is 43.2 Å². The molecule has 0 aliphatic rings. The van der Waals surface area contributed by atoms with Gasteiger partial charge < -0.3 is 0 Å². The molecule has 0 saturated heterocycles. The van der Waals surface area contributed by atoms with E-state index in [1.807, 2.05) is 22.7 Å². The summed E-state index contributed by atoms with van der Waals surface area (Å²) in [6, 6.07) is 8.70. The van der Waals surface area contributed by atoms with Gasteiger partial charge in [0.15, 0.2) is 0 Å². The van der Waals surface area contributed by atoms with Crippen molar-refractivity contribution in [3.63, 3.8) is 0 Å². The topological polar surface area (TPSA) is 0 Å². The van der Waals surface area contributed by atoms with Crippen LogP contribution in [-0.4, -0.2) is 0 Å². The van der Waals surface area contributed by atoms with E-state index in [1.165, 1.54) is 64.9 Å². The minimum Gasteiger partial charge on any atom is -0.149 e. The average Bonchev–Trinajstić information content (AvgIpc) is 3.12. The zero-order chi connectivity index (χ0) is 15.3. The molecule has 0 atom stereocenters. The second kappa shape index (κ2) is 12.4. The second-order valence-corrected chi connectivity index (χ2v) is 8.78. The molecule has 0 nitrogen and oxygen atoms in total. The van der Waals surface area contributed by atoms with Gasteiger partial charge in [0.25, 0.3) is 0 Å². The van der Waals surface area contributed by atoms with Gasteiger partial charge in [-0.2, -0.15) is 0 Å². The minimum atomic E-state index is 1.25. The summed E-state index contributed by atoms with van der Waals surface area (Å²) in [7, 11) is 0. The fraction of sp³-hybridized carbons (Fsp3) is 0.556. The standard InChI is InChI=1S/C9H13BrS.C9H14S/c1-2-3-4-5-8-6-7-9(10)11-8;1-2-3-4-6-9-7-5-8-10-9/h6-7H,2-5H2,1H3;5,7-8H,2-4,6H2,1H3. The maximum atomic E-state index is 3.46. The van der Waals surface area contributed by atoms with E-state index in [1.54, 1.807) is 0 Å². The summed E-state index contributed by atoms with van der Waals surface area (Å²) in [5.41, 5.74) is 0. The molecule has 0 amide bonds. The van der Waals surface area contributed by atoms with Crippen LogP contribution in [-0.2, 0) is 12.8 Å². The van der Waals surface area contributed by atoms with Gasteiger partial charge in [0.2, 0.25) is 0 Å². The molecule has 2 heterocycles. The molecule has 0 unspecified atom stereocenters. The number of halogens is 1. The quantitative estimate of drug-likeness (QED) is 0.407. The minimum absolute atomic E-state index is 1.25. The highest BCUT2D eigenvalue weighted by Gasteiger charge is 1.96. The molecule has 2 aromatic heterocycles. The molecule has 0 saturated carbocycles. The molecule has 21 heavy (non-hydrogen) atoms. The predicted octanol–water partition coefficient (Wildman–Crippen LogP) is 7.72. The molecule has 0 aliphatic heterocycles. The molecular weight excluding hydrogens is 360 g/mol. The highest BCUT2D eigenvalue weighted by atomic mass is 79.9. The molecule has 2 rings (SSSR count). The Labute approximate surface area is 146 Å². The van der Waals surface area contributed by atoms with E-state index in [0.717, 1.165) is 0 Å². The highest BCUT2D eigenvalue weighted by Crippen LogP contribution is 2.23. The fourth-order valence-electron chi connectivity index (χ4n) is 2.04. The fourth-order valence-corrected chi connectivity index (χ4v) is 4.32. The Morgan fingerprint density at radius 2 is 1.52 bits per heavy atom. The normalized spacial score (nSPS) is 10.2. The Morgan fingerprint density at radius 3 is 2.00 bits per heavy atom. The third kappa shape index (κ3) is 9.49. The molecule has 3 heteroatoms. The number of thiophene rings is 2. The Bertz CT molecular complexity index is 445. The van der Waals surface area contributed by atoms with Crippen LogP contribution >= 0.6 is 38.6 Å². The summed E-state index contributed by atoms with van der Waals surface area (Å²) >= 11 is 7.19. The van der Waals surface area contributed by atoms with Gasteiger partial charge in [-0.1, -0.05) is 45.6 Å². The number of hydrogen-bond acceptors (Lipinski definition) is 2. The third-order valence-electron chi connectivity index (χ3n) is 3.26. The number of unbranched alkanes of at least 4 members (excludes halogenated alkanes) is 4. The molecule has 0 bridgehead atoms. The van der Waals surface area contributed by atoms with E-state index < -0.39 is 0 Å². The van der Waals surface area contributed by atoms with Crippen LogP contribution in [0.15, 0.2) is 33.4 Å². The van der Waals surface area contributed by atoms with Gasteiger partial charge in [-0.25, -0.2) is 0 Å². The van der Waals surface area contributed by atoms with Gasteiger partial charge in [-0.15, -0.1) is 22.7 Å². The van der Waals surface area contributed by atoms with Crippen LogP contribution in [0.4, 0.5) is 0 Å². The van der Waals surface area contributed by atoms with Crippen molar-refractivity contribution in [1.82, 2.24) is 0 Å². The van der Waals surface area contributed by atoms with E-state index in [-0.39, 0.29) is 0 Å². The van der Waals surface area contributed by atoms with Crippen LogP contribution < -0.4 is 0 Å². The summed E-state index contributed by atoms with van der Waals surface area (Å²) < 4.78 is 1.25.